The van der Waals surface area contributed by atoms with Gasteiger partial charge in [0.1, 0.15) is 5.58 Å². The molecule has 0 unspecified atom stereocenters. The van der Waals surface area contributed by atoms with Crippen molar-refractivity contribution in [2.45, 2.75) is 19.8 Å². The molecule has 0 bridgehead atoms. The molecular weight excluding hydrogens is 316 g/mol. The van der Waals surface area contributed by atoms with Crippen LogP contribution in [0.5, 0.6) is 0 Å². The van der Waals surface area contributed by atoms with Crippen LogP contribution in [0.3, 0.4) is 0 Å². The van der Waals surface area contributed by atoms with Gasteiger partial charge in [-0.2, -0.15) is 0 Å². The molecule has 1 aromatic carbocycles. The van der Waals surface area contributed by atoms with E-state index >= 15 is 0 Å². The molecule has 0 radical (unpaired) electrons. The molecule has 5 heteroatoms. The lowest BCUT2D eigenvalue weighted by Crippen LogP contribution is -2.36. The number of benzene rings is 1. The molecule has 3 aromatic rings. The van der Waals surface area contributed by atoms with Gasteiger partial charge in [0.2, 0.25) is 0 Å². The maximum Gasteiger partial charge on any atom is 0.287 e. The molecule has 0 spiro atoms. The first kappa shape index (κ1) is 16.0. The summed E-state index contributed by atoms with van der Waals surface area (Å²) in [5.41, 5.74) is 3.62. The topological polar surface area (TPSA) is 67.4 Å². The third-order valence-corrected chi connectivity index (χ3v) is 5.01. The fourth-order valence-corrected chi connectivity index (χ4v) is 3.45. The molecule has 0 saturated carbocycles. The van der Waals surface area contributed by atoms with Crippen molar-refractivity contribution >= 4 is 16.9 Å². The zero-order valence-electron chi connectivity index (χ0n) is 14.3. The molecule has 1 saturated heterocycles. The highest BCUT2D eigenvalue weighted by atomic mass is 16.3. The first-order valence-electron chi connectivity index (χ1n) is 8.77. The van der Waals surface area contributed by atoms with Crippen LogP contribution in [0.15, 0.2) is 45.6 Å². The summed E-state index contributed by atoms with van der Waals surface area (Å²) in [5, 5.41) is 7.35. The second kappa shape index (κ2) is 6.76. The van der Waals surface area contributed by atoms with Crippen molar-refractivity contribution < 1.29 is 13.6 Å². The summed E-state index contributed by atoms with van der Waals surface area (Å²) in [7, 11) is 0. The van der Waals surface area contributed by atoms with Gasteiger partial charge in [-0.1, -0.05) is 12.1 Å². The van der Waals surface area contributed by atoms with Crippen molar-refractivity contribution in [1.82, 2.24) is 10.6 Å². The van der Waals surface area contributed by atoms with Crippen molar-refractivity contribution in [3.63, 3.8) is 0 Å². The highest BCUT2D eigenvalue weighted by molar-refractivity contribution is 5.99. The Hall–Kier alpha value is -2.53. The van der Waals surface area contributed by atoms with Gasteiger partial charge in [0.15, 0.2) is 5.76 Å². The fraction of sp³-hybridized carbons (Fsp3) is 0.350. The van der Waals surface area contributed by atoms with E-state index < -0.39 is 0 Å². The number of carbonyl (C=O) groups is 1. The minimum Gasteiger partial charge on any atom is -0.472 e. The number of nitrogens with one attached hydrogen (secondary N) is 2. The summed E-state index contributed by atoms with van der Waals surface area (Å²) < 4.78 is 11.0. The van der Waals surface area contributed by atoms with Crippen molar-refractivity contribution in [3.8, 4) is 11.1 Å². The summed E-state index contributed by atoms with van der Waals surface area (Å²) in [4.78, 5) is 12.6. The third kappa shape index (κ3) is 3.20. The van der Waals surface area contributed by atoms with Gasteiger partial charge >= 0.3 is 0 Å². The lowest BCUT2D eigenvalue weighted by Gasteiger charge is -2.22. The summed E-state index contributed by atoms with van der Waals surface area (Å²) in [6.07, 6.45) is 5.55. The Morgan fingerprint density at radius 1 is 1.24 bits per heavy atom. The summed E-state index contributed by atoms with van der Waals surface area (Å²) >= 11 is 0. The van der Waals surface area contributed by atoms with E-state index in [-0.39, 0.29) is 5.91 Å². The molecule has 1 amide bonds. The van der Waals surface area contributed by atoms with Crippen molar-refractivity contribution in [2.75, 3.05) is 19.6 Å². The Balaban J connectivity index is 1.54. The van der Waals surface area contributed by atoms with Crippen molar-refractivity contribution in [1.29, 1.82) is 0 Å². The van der Waals surface area contributed by atoms with Gasteiger partial charge in [0.05, 0.1) is 12.5 Å². The number of hydrogen-bond acceptors (Lipinski definition) is 4. The number of fused-ring (bicyclic) bond motifs is 1. The zero-order valence-corrected chi connectivity index (χ0v) is 14.3. The minimum atomic E-state index is -0.128. The molecule has 2 aromatic heterocycles. The van der Waals surface area contributed by atoms with Crippen LogP contribution >= 0.6 is 0 Å². The average Bonchev–Trinajstić information content (AvgIpc) is 3.29. The zero-order chi connectivity index (χ0) is 17.2. The predicted octanol–water partition coefficient (Wildman–Crippen LogP) is 3.73. The normalized spacial score (nSPS) is 15.6. The number of carbonyl (C=O) groups excluding carboxylic acids is 1. The quantitative estimate of drug-likeness (QED) is 0.761. The van der Waals surface area contributed by atoms with Crippen LogP contribution in [0.1, 0.15) is 29.0 Å². The van der Waals surface area contributed by atoms with Crippen LogP contribution in [0, 0.1) is 12.8 Å². The Bertz CT molecular complexity index is 874. The van der Waals surface area contributed by atoms with Gasteiger partial charge in [-0.05, 0) is 56.5 Å². The third-order valence-electron chi connectivity index (χ3n) is 5.01. The molecule has 4 rings (SSSR count). The van der Waals surface area contributed by atoms with Gasteiger partial charge in [0, 0.05) is 23.1 Å². The molecule has 0 atom stereocenters. The van der Waals surface area contributed by atoms with Crippen LogP contribution in [-0.4, -0.2) is 25.5 Å². The lowest BCUT2D eigenvalue weighted by atomic mass is 9.98. The number of hydrogen-bond donors (Lipinski definition) is 2. The van der Waals surface area contributed by atoms with E-state index in [9.17, 15) is 4.79 Å². The first-order chi connectivity index (χ1) is 12.2. The van der Waals surface area contributed by atoms with E-state index in [1.165, 1.54) is 0 Å². The smallest absolute Gasteiger partial charge is 0.287 e. The molecule has 25 heavy (non-hydrogen) atoms. The number of piperidine rings is 1. The van der Waals surface area contributed by atoms with Crippen molar-refractivity contribution in [2.24, 2.45) is 5.92 Å². The maximum atomic E-state index is 12.6. The lowest BCUT2D eigenvalue weighted by molar-refractivity contribution is 0.0917. The molecule has 130 valence electrons. The number of aryl methyl sites for hydroxylation is 1. The molecule has 1 aliphatic rings. The summed E-state index contributed by atoms with van der Waals surface area (Å²) in [6.45, 7) is 4.70. The van der Waals surface area contributed by atoms with Gasteiger partial charge in [-0.15, -0.1) is 0 Å². The second-order valence-electron chi connectivity index (χ2n) is 6.68. The Morgan fingerprint density at radius 3 is 2.84 bits per heavy atom. The average molecular weight is 338 g/mol. The number of amides is 1. The minimum absolute atomic E-state index is 0.128. The maximum absolute atomic E-state index is 12.6. The van der Waals surface area contributed by atoms with Crippen LogP contribution in [0.25, 0.3) is 22.1 Å². The first-order valence-corrected chi connectivity index (χ1v) is 8.77. The van der Waals surface area contributed by atoms with E-state index in [4.69, 9.17) is 8.83 Å². The Kier molecular flexibility index (Phi) is 4.32. The SMILES string of the molecule is Cc1c(C(=O)NCC2CCNCC2)oc2cc(-c3ccoc3)ccc12. The Morgan fingerprint density at radius 2 is 2.08 bits per heavy atom. The van der Waals surface area contributed by atoms with Gasteiger partial charge in [0.25, 0.3) is 5.91 Å². The monoisotopic (exact) mass is 338 g/mol. The Labute approximate surface area is 146 Å². The van der Waals surface area contributed by atoms with Gasteiger partial charge in [-0.25, -0.2) is 0 Å². The second-order valence-corrected chi connectivity index (χ2v) is 6.68. The van der Waals surface area contributed by atoms with Crippen LogP contribution < -0.4 is 10.6 Å². The van der Waals surface area contributed by atoms with Crippen LogP contribution in [0.4, 0.5) is 0 Å². The number of rotatable bonds is 4. The number of furan rings is 2. The van der Waals surface area contributed by atoms with E-state index in [1.807, 2.05) is 31.2 Å². The van der Waals surface area contributed by atoms with Gasteiger partial charge in [-0.3, -0.25) is 4.79 Å². The molecule has 3 heterocycles. The highest BCUT2D eigenvalue weighted by Gasteiger charge is 2.20. The highest BCUT2D eigenvalue weighted by Crippen LogP contribution is 2.30. The largest absolute Gasteiger partial charge is 0.472 e. The predicted molar refractivity (Wildman–Crippen MR) is 96.6 cm³/mol. The molecular formula is C20H22N2O3. The molecule has 5 nitrogen and oxygen atoms in total. The summed E-state index contributed by atoms with van der Waals surface area (Å²) in [5.74, 6) is 0.827. The molecule has 0 aliphatic carbocycles. The van der Waals surface area contributed by atoms with E-state index in [2.05, 4.69) is 10.6 Å². The molecule has 1 fully saturated rings. The fourth-order valence-electron chi connectivity index (χ4n) is 3.45. The van der Waals surface area contributed by atoms with E-state index in [0.717, 1.165) is 53.6 Å². The standard InChI is InChI=1S/C20H22N2O3/c1-13-17-3-2-15(16-6-9-24-12-16)10-18(17)25-19(13)20(23)22-11-14-4-7-21-8-5-14/h2-3,6,9-10,12,14,21H,4-5,7-8,11H2,1H3,(H,22,23). The van der Waals surface area contributed by atoms with E-state index in [1.54, 1.807) is 12.5 Å². The summed E-state index contributed by atoms with van der Waals surface area (Å²) in [6, 6.07) is 7.88. The van der Waals surface area contributed by atoms with Crippen molar-refractivity contribution in [3.05, 3.63) is 48.1 Å². The van der Waals surface area contributed by atoms with E-state index in [0.29, 0.717) is 18.2 Å². The molecule has 2 N–H and O–H groups in total. The molecule has 1 aliphatic heterocycles. The van der Waals surface area contributed by atoms with Crippen LogP contribution in [-0.2, 0) is 0 Å². The van der Waals surface area contributed by atoms with Gasteiger partial charge < -0.3 is 19.5 Å². The van der Waals surface area contributed by atoms with Crippen LogP contribution in [0.2, 0.25) is 0 Å².